The second-order valence-corrected chi connectivity index (χ2v) is 4.32. The maximum atomic E-state index is 11.5. The monoisotopic (exact) mass is 270 g/mol. The molecule has 0 aromatic carbocycles. The van der Waals surface area contributed by atoms with Gasteiger partial charge in [0.25, 0.3) is 0 Å². The first-order valence-corrected chi connectivity index (χ1v) is 5.91. The molecule has 2 N–H and O–H groups in total. The lowest BCUT2D eigenvalue weighted by Crippen LogP contribution is -2.27. The lowest BCUT2D eigenvalue weighted by molar-refractivity contribution is -0.121. The largest absolute Gasteiger partial charge is 0.355 e. The number of carbonyl (C=O) groups excluding carboxylic acids is 1. The Morgan fingerprint density at radius 2 is 2.47 bits per heavy atom. The number of pyridine rings is 1. The van der Waals surface area contributed by atoms with Gasteiger partial charge in [-0.05, 0) is 25.2 Å². The minimum Gasteiger partial charge on any atom is -0.355 e. The summed E-state index contributed by atoms with van der Waals surface area (Å²) in [6.45, 7) is 2.61. The normalized spacial score (nSPS) is 10.7. The molecule has 5 nitrogen and oxygen atoms in total. The number of aromatic nitrogens is 3. The zero-order chi connectivity index (χ0) is 12.4. The van der Waals surface area contributed by atoms with Crippen LogP contribution in [0.15, 0.2) is 12.3 Å². The van der Waals surface area contributed by atoms with Crippen molar-refractivity contribution < 1.29 is 4.79 Å². The third-order valence-electron chi connectivity index (χ3n) is 2.25. The average molecular weight is 271 g/mol. The molecule has 2 aromatic rings. The van der Waals surface area contributed by atoms with E-state index in [-0.39, 0.29) is 12.5 Å². The topological polar surface area (TPSA) is 62.7 Å². The van der Waals surface area contributed by atoms with Crippen LogP contribution in [0, 0.1) is 4.77 Å². The molecular formula is C10H11ClN4OS. The fourth-order valence-electron chi connectivity index (χ4n) is 1.56. The van der Waals surface area contributed by atoms with E-state index in [0.29, 0.717) is 22.0 Å². The van der Waals surface area contributed by atoms with Crippen molar-refractivity contribution >= 4 is 40.9 Å². The number of carbonyl (C=O) groups is 1. The summed E-state index contributed by atoms with van der Waals surface area (Å²) in [4.78, 5) is 18.7. The van der Waals surface area contributed by atoms with Crippen LogP contribution >= 0.6 is 23.8 Å². The van der Waals surface area contributed by atoms with E-state index in [9.17, 15) is 4.79 Å². The molecule has 0 saturated heterocycles. The Kier molecular flexibility index (Phi) is 3.44. The van der Waals surface area contributed by atoms with Crippen molar-refractivity contribution in [2.75, 3.05) is 6.54 Å². The van der Waals surface area contributed by atoms with Crippen molar-refractivity contribution in [3.05, 3.63) is 22.1 Å². The Balaban J connectivity index is 2.43. The van der Waals surface area contributed by atoms with Crippen molar-refractivity contribution in [2.24, 2.45) is 0 Å². The highest BCUT2D eigenvalue weighted by Crippen LogP contribution is 2.16. The van der Waals surface area contributed by atoms with Gasteiger partial charge in [0.2, 0.25) is 5.91 Å². The van der Waals surface area contributed by atoms with E-state index in [1.807, 2.05) is 6.92 Å². The average Bonchev–Trinajstić information content (AvgIpc) is 2.55. The molecule has 2 rings (SSSR count). The first-order valence-electron chi connectivity index (χ1n) is 5.12. The maximum Gasteiger partial charge on any atom is 0.240 e. The van der Waals surface area contributed by atoms with Crippen LogP contribution in [-0.4, -0.2) is 27.0 Å². The van der Waals surface area contributed by atoms with E-state index in [0.717, 1.165) is 5.52 Å². The van der Waals surface area contributed by atoms with E-state index >= 15 is 0 Å². The molecule has 0 atom stereocenters. The van der Waals surface area contributed by atoms with Gasteiger partial charge in [-0.25, -0.2) is 4.98 Å². The molecule has 17 heavy (non-hydrogen) atoms. The SMILES string of the molecule is CCNC(=O)Cn1c(=S)[nH]c2cc(Cl)cnc21. The molecule has 0 aliphatic heterocycles. The molecule has 0 bridgehead atoms. The van der Waals surface area contributed by atoms with Gasteiger partial charge in [-0.3, -0.25) is 9.36 Å². The van der Waals surface area contributed by atoms with Crippen LogP contribution < -0.4 is 5.32 Å². The number of nitrogens with one attached hydrogen (secondary N) is 2. The van der Waals surface area contributed by atoms with Gasteiger partial charge in [0.1, 0.15) is 6.54 Å². The number of imidazole rings is 1. The van der Waals surface area contributed by atoms with E-state index in [1.54, 1.807) is 10.6 Å². The molecule has 0 saturated carbocycles. The number of fused-ring (bicyclic) bond motifs is 1. The molecule has 7 heteroatoms. The predicted octanol–water partition coefficient (Wildman–Crippen LogP) is 1.88. The fraction of sp³-hybridized carbons (Fsp3) is 0.300. The Morgan fingerprint density at radius 1 is 1.71 bits per heavy atom. The third-order valence-corrected chi connectivity index (χ3v) is 2.78. The molecule has 0 fully saturated rings. The number of H-pyrrole nitrogens is 1. The van der Waals surface area contributed by atoms with Crippen molar-refractivity contribution in [1.82, 2.24) is 19.9 Å². The van der Waals surface area contributed by atoms with Crippen molar-refractivity contribution in [3.63, 3.8) is 0 Å². The van der Waals surface area contributed by atoms with E-state index in [4.69, 9.17) is 23.8 Å². The molecule has 0 aliphatic carbocycles. The highest BCUT2D eigenvalue weighted by Gasteiger charge is 2.09. The van der Waals surface area contributed by atoms with Crippen molar-refractivity contribution in [1.29, 1.82) is 0 Å². The number of aromatic amines is 1. The quantitative estimate of drug-likeness (QED) is 0.837. The van der Waals surface area contributed by atoms with E-state index in [2.05, 4.69) is 15.3 Å². The summed E-state index contributed by atoms with van der Waals surface area (Å²) >= 11 is 11.0. The zero-order valence-electron chi connectivity index (χ0n) is 9.16. The molecule has 2 heterocycles. The summed E-state index contributed by atoms with van der Waals surface area (Å²) in [5.41, 5.74) is 1.36. The van der Waals surface area contributed by atoms with Crippen LogP contribution in [-0.2, 0) is 11.3 Å². The molecule has 1 amide bonds. The Labute approximate surface area is 108 Å². The zero-order valence-corrected chi connectivity index (χ0v) is 10.7. The Bertz CT molecular complexity index is 618. The third kappa shape index (κ3) is 2.48. The highest BCUT2D eigenvalue weighted by atomic mass is 35.5. The number of likely N-dealkylation sites (N-methyl/N-ethyl adjacent to an activating group) is 1. The summed E-state index contributed by atoms with van der Waals surface area (Å²) in [5.74, 6) is -0.0961. The molecule has 0 aliphatic rings. The Hall–Kier alpha value is -1.40. The Morgan fingerprint density at radius 3 is 3.18 bits per heavy atom. The van der Waals surface area contributed by atoms with Gasteiger partial charge in [-0.15, -0.1) is 0 Å². The lowest BCUT2D eigenvalue weighted by atomic mass is 10.4. The number of hydrogen-bond donors (Lipinski definition) is 2. The minimum atomic E-state index is -0.0961. The number of rotatable bonds is 3. The predicted molar refractivity (Wildman–Crippen MR) is 68.6 cm³/mol. The number of amides is 1. The first kappa shape index (κ1) is 12.1. The van der Waals surface area contributed by atoms with Crippen LogP contribution in [0.2, 0.25) is 5.02 Å². The minimum absolute atomic E-state index is 0.0961. The summed E-state index contributed by atoms with van der Waals surface area (Å²) < 4.78 is 2.10. The van der Waals surface area contributed by atoms with Gasteiger partial charge in [-0.1, -0.05) is 11.6 Å². The number of hydrogen-bond acceptors (Lipinski definition) is 3. The second kappa shape index (κ2) is 4.85. The van der Waals surface area contributed by atoms with E-state index in [1.165, 1.54) is 6.20 Å². The van der Waals surface area contributed by atoms with Crippen LogP contribution in [0.1, 0.15) is 6.92 Å². The van der Waals surface area contributed by atoms with Crippen LogP contribution in [0.3, 0.4) is 0 Å². The van der Waals surface area contributed by atoms with Gasteiger partial charge in [-0.2, -0.15) is 0 Å². The van der Waals surface area contributed by atoms with Crippen LogP contribution in [0.25, 0.3) is 11.2 Å². The van der Waals surface area contributed by atoms with Gasteiger partial charge in [0.15, 0.2) is 10.4 Å². The standard InChI is InChI=1S/C10H11ClN4OS/c1-2-12-8(16)5-15-9-7(14-10(15)17)3-6(11)4-13-9/h3-4H,2,5H2,1H3,(H,12,16)(H,14,17). The first-order chi connectivity index (χ1) is 8.11. The summed E-state index contributed by atoms with van der Waals surface area (Å²) in [6, 6.07) is 1.73. The molecule has 90 valence electrons. The lowest BCUT2D eigenvalue weighted by Gasteiger charge is -2.03. The summed E-state index contributed by atoms with van der Waals surface area (Å²) in [5, 5.41) is 3.24. The molecule has 0 radical (unpaired) electrons. The molecular weight excluding hydrogens is 260 g/mol. The summed E-state index contributed by atoms with van der Waals surface area (Å²) in [7, 11) is 0. The van der Waals surface area contributed by atoms with Gasteiger partial charge in [0.05, 0.1) is 10.5 Å². The van der Waals surface area contributed by atoms with Gasteiger partial charge < -0.3 is 10.3 Å². The van der Waals surface area contributed by atoms with Crippen molar-refractivity contribution in [2.45, 2.75) is 13.5 Å². The van der Waals surface area contributed by atoms with Crippen molar-refractivity contribution in [3.8, 4) is 0 Å². The maximum absolute atomic E-state index is 11.5. The fourth-order valence-corrected chi connectivity index (χ4v) is 1.98. The number of halogens is 1. The van der Waals surface area contributed by atoms with Crippen LogP contribution in [0.4, 0.5) is 0 Å². The van der Waals surface area contributed by atoms with Gasteiger partial charge in [0, 0.05) is 12.7 Å². The molecule has 2 aromatic heterocycles. The molecule has 0 unspecified atom stereocenters. The van der Waals surface area contributed by atoms with E-state index < -0.39 is 0 Å². The second-order valence-electron chi connectivity index (χ2n) is 3.49. The smallest absolute Gasteiger partial charge is 0.240 e. The van der Waals surface area contributed by atoms with Crippen LogP contribution in [0.5, 0.6) is 0 Å². The van der Waals surface area contributed by atoms with Gasteiger partial charge >= 0.3 is 0 Å². The summed E-state index contributed by atoms with van der Waals surface area (Å²) in [6.07, 6.45) is 1.53. The highest BCUT2D eigenvalue weighted by molar-refractivity contribution is 7.71. The molecule has 0 spiro atoms. The number of nitrogens with zero attached hydrogens (tertiary/aromatic N) is 2.